The minimum atomic E-state index is 0.131. The van der Waals surface area contributed by atoms with Gasteiger partial charge >= 0.3 is 0 Å². The predicted octanol–water partition coefficient (Wildman–Crippen LogP) is 2.78. The van der Waals surface area contributed by atoms with Crippen LogP contribution in [0.15, 0.2) is 18.2 Å². The maximum absolute atomic E-state index is 9.98. The number of phenolic OH excluding ortho intramolecular Hbond substituents is 1. The lowest BCUT2D eigenvalue weighted by molar-refractivity contribution is 0.210. The smallest absolute Gasteiger partial charge is 0.120 e. The zero-order valence-electron chi connectivity index (χ0n) is 13.4. The van der Waals surface area contributed by atoms with E-state index in [4.69, 9.17) is 4.74 Å². The molecule has 1 unspecified atom stereocenters. The Morgan fingerprint density at radius 3 is 2.76 bits per heavy atom. The molecule has 1 fully saturated rings. The Bertz CT molecular complexity index is 442. The molecule has 1 aromatic carbocycles. The minimum Gasteiger partial charge on any atom is -0.508 e. The molecule has 4 heteroatoms. The van der Waals surface area contributed by atoms with Crippen LogP contribution in [0.5, 0.6) is 11.5 Å². The first kappa shape index (κ1) is 16.1. The first-order valence-corrected chi connectivity index (χ1v) is 7.89. The van der Waals surface area contributed by atoms with Gasteiger partial charge in [0.05, 0.1) is 7.11 Å². The lowest BCUT2D eigenvalue weighted by atomic mass is 9.93. The van der Waals surface area contributed by atoms with Crippen LogP contribution in [0, 0.1) is 5.92 Å². The molecule has 1 atom stereocenters. The average Bonchev–Trinajstić information content (AvgIpc) is 2.49. The van der Waals surface area contributed by atoms with Crippen molar-refractivity contribution < 1.29 is 9.84 Å². The SMILES string of the molecule is COc1ccc(O)c(C(C)NCCC2CCN(C)CC2)c1. The topological polar surface area (TPSA) is 44.7 Å². The molecule has 0 radical (unpaired) electrons. The number of hydrogen-bond acceptors (Lipinski definition) is 4. The molecule has 2 N–H and O–H groups in total. The van der Waals surface area contributed by atoms with E-state index < -0.39 is 0 Å². The van der Waals surface area contributed by atoms with Gasteiger partial charge in [0.2, 0.25) is 0 Å². The summed E-state index contributed by atoms with van der Waals surface area (Å²) in [7, 11) is 3.84. The molecule has 0 spiro atoms. The molecule has 0 bridgehead atoms. The van der Waals surface area contributed by atoms with E-state index in [0.717, 1.165) is 23.8 Å². The molecular weight excluding hydrogens is 264 g/mol. The monoisotopic (exact) mass is 292 g/mol. The number of aromatic hydroxyl groups is 1. The van der Waals surface area contributed by atoms with Gasteiger partial charge in [0.25, 0.3) is 0 Å². The van der Waals surface area contributed by atoms with Gasteiger partial charge in [-0.15, -0.1) is 0 Å². The van der Waals surface area contributed by atoms with Gasteiger partial charge in [-0.25, -0.2) is 0 Å². The molecule has 1 saturated heterocycles. The van der Waals surface area contributed by atoms with Crippen molar-refractivity contribution in [3.63, 3.8) is 0 Å². The van der Waals surface area contributed by atoms with E-state index in [-0.39, 0.29) is 6.04 Å². The quantitative estimate of drug-likeness (QED) is 0.846. The molecule has 1 aliphatic rings. The number of rotatable bonds is 6. The first-order chi connectivity index (χ1) is 10.1. The molecule has 0 saturated carbocycles. The van der Waals surface area contributed by atoms with Crippen LogP contribution < -0.4 is 10.1 Å². The van der Waals surface area contributed by atoms with Gasteiger partial charge in [0, 0.05) is 11.6 Å². The van der Waals surface area contributed by atoms with Crippen molar-refractivity contribution in [2.24, 2.45) is 5.92 Å². The van der Waals surface area contributed by atoms with E-state index in [1.54, 1.807) is 19.2 Å². The van der Waals surface area contributed by atoms with Crippen LogP contribution in [-0.4, -0.2) is 43.8 Å². The molecular formula is C17H28N2O2. The maximum atomic E-state index is 9.98. The summed E-state index contributed by atoms with van der Waals surface area (Å²) in [4.78, 5) is 2.40. The Morgan fingerprint density at radius 1 is 1.38 bits per heavy atom. The summed E-state index contributed by atoms with van der Waals surface area (Å²) in [6, 6.07) is 5.52. The van der Waals surface area contributed by atoms with Crippen molar-refractivity contribution in [2.75, 3.05) is 33.8 Å². The van der Waals surface area contributed by atoms with Gasteiger partial charge in [-0.3, -0.25) is 0 Å². The summed E-state index contributed by atoms with van der Waals surface area (Å²) in [5.74, 6) is 1.95. The van der Waals surface area contributed by atoms with Gasteiger partial charge in [-0.2, -0.15) is 0 Å². The third-order valence-corrected chi connectivity index (χ3v) is 4.54. The Morgan fingerprint density at radius 2 is 2.10 bits per heavy atom. The zero-order chi connectivity index (χ0) is 15.2. The summed E-state index contributed by atoms with van der Waals surface area (Å²) in [5, 5.41) is 13.5. The number of nitrogens with one attached hydrogen (secondary N) is 1. The summed E-state index contributed by atoms with van der Waals surface area (Å²) >= 11 is 0. The van der Waals surface area contributed by atoms with Crippen LogP contribution in [0.1, 0.15) is 37.8 Å². The van der Waals surface area contributed by atoms with Crippen LogP contribution in [0.3, 0.4) is 0 Å². The third-order valence-electron chi connectivity index (χ3n) is 4.54. The number of likely N-dealkylation sites (tertiary alicyclic amines) is 1. The number of nitrogens with zero attached hydrogens (tertiary/aromatic N) is 1. The molecule has 1 aromatic rings. The molecule has 1 aliphatic heterocycles. The summed E-state index contributed by atoms with van der Waals surface area (Å²) in [6.07, 6.45) is 3.82. The molecule has 0 aliphatic carbocycles. The molecule has 118 valence electrons. The van der Waals surface area contributed by atoms with Gasteiger partial charge in [-0.1, -0.05) is 0 Å². The highest BCUT2D eigenvalue weighted by Crippen LogP contribution is 2.28. The second-order valence-corrected chi connectivity index (χ2v) is 6.14. The van der Waals surface area contributed by atoms with E-state index in [1.807, 2.05) is 6.07 Å². The van der Waals surface area contributed by atoms with Crippen molar-refractivity contribution in [1.82, 2.24) is 10.2 Å². The zero-order valence-corrected chi connectivity index (χ0v) is 13.4. The van der Waals surface area contributed by atoms with Crippen molar-refractivity contribution in [3.8, 4) is 11.5 Å². The molecule has 21 heavy (non-hydrogen) atoms. The lowest BCUT2D eigenvalue weighted by Crippen LogP contribution is -2.32. The molecule has 2 rings (SSSR count). The highest BCUT2D eigenvalue weighted by atomic mass is 16.5. The Hall–Kier alpha value is -1.26. The molecule has 4 nitrogen and oxygen atoms in total. The van der Waals surface area contributed by atoms with Gasteiger partial charge in [0.1, 0.15) is 11.5 Å². The fourth-order valence-corrected chi connectivity index (χ4v) is 2.97. The lowest BCUT2D eigenvalue weighted by Gasteiger charge is -2.29. The van der Waals surface area contributed by atoms with Crippen LogP contribution >= 0.6 is 0 Å². The van der Waals surface area contributed by atoms with Gasteiger partial charge in [-0.05, 0) is 77.0 Å². The Balaban J connectivity index is 1.80. The minimum absolute atomic E-state index is 0.131. The summed E-state index contributed by atoms with van der Waals surface area (Å²) in [6.45, 7) is 5.52. The van der Waals surface area contributed by atoms with Crippen molar-refractivity contribution in [1.29, 1.82) is 0 Å². The second-order valence-electron chi connectivity index (χ2n) is 6.14. The average molecular weight is 292 g/mol. The molecule has 0 aromatic heterocycles. The third kappa shape index (κ3) is 4.61. The van der Waals surface area contributed by atoms with Crippen molar-refractivity contribution >= 4 is 0 Å². The Kier molecular flexibility index (Phi) is 5.88. The van der Waals surface area contributed by atoms with Gasteiger partial charge < -0.3 is 20.1 Å². The van der Waals surface area contributed by atoms with Crippen LogP contribution in [0.2, 0.25) is 0 Å². The number of ether oxygens (including phenoxy) is 1. The van der Waals surface area contributed by atoms with E-state index in [0.29, 0.717) is 5.75 Å². The largest absolute Gasteiger partial charge is 0.508 e. The van der Waals surface area contributed by atoms with Gasteiger partial charge in [0.15, 0.2) is 0 Å². The van der Waals surface area contributed by atoms with Crippen molar-refractivity contribution in [3.05, 3.63) is 23.8 Å². The van der Waals surface area contributed by atoms with Crippen LogP contribution in [0.4, 0.5) is 0 Å². The number of benzene rings is 1. The number of piperidine rings is 1. The first-order valence-electron chi connectivity index (χ1n) is 7.89. The van der Waals surface area contributed by atoms with E-state index >= 15 is 0 Å². The highest BCUT2D eigenvalue weighted by molar-refractivity contribution is 5.41. The fraction of sp³-hybridized carbons (Fsp3) is 0.647. The molecule has 1 heterocycles. The predicted molar refractivity (Wildman–Crippen MR) is 85.9 cm³/mol. The maximum Gasteiger partial charge on any atom is 0.120 e. The number of methoxy groups -OCH3 is 1. The summed E-state index contributed by atoms with van der Waals surface area (Å²) in [5.41, 5.74) is 0.901. The second kappa shape index (κ2) is 7.66. The molecule has 0 amide bonds. The Labute approximate surface area is 128 Å². The van der Waals surface area contributed by atoms with E-state index in [2.05, 4.69) is 24.2 Å². The highest BCUT2D eigenvalue weighted by Gasteiger charge is 2.17. The number of hydrogen-bond donors (Lipinski definition) is 2. The standard InChI is InChI=1S/C17H28N2O2/c1-13(16-12-15(21-3)4-5-17(16)20)18-9-6-14-7-10-19(2)11-8-14/h4-5,12-14,18,20H,6-11H2,1-3H3. The van der Waals surface area contributed by atoms with E-state index in [9.17, 15) is 5.11 Å². The number of phenols is 1. The fourth-order valence-electron chi connectivity index (χ4n) is 2.97. The van der Waals surface area contributed by atoms with E-state index in [1.165, 1.54) is 32.4 Å². The van der Waals surface area contributed by atoms with Crippen LogP contribution in [-0.2, 0) is 0 Å². The summed E-state index contributed by atoms with van der Waals surface area (Å²) < 4.78 is 5.23. The van der Waals surface area contributed by atoms with Crippen LogP contribution in [0.25, 0.3) is 0 Å². The normalized spacial score (nSPS) is 18.6. The van der Waals surface area contributed by atoms with Crippen molar-refractivity contribution in [2.45, 2.75) is 32.2 Å².